The van der Waals surface area contributed by atoms with Crippen molar-refractivity contribution in [2.75, 3.05) is 11.4 Å². The van der Waals surface area contributed by atoms with Crippen LogP contribution in [0.25, 0.3) is 22.0 Å². The molecule has 3 heterocycles. The molecule has 160 valence electrons. The van der Waals surface area contributed by atoms with Gasteiger partial charge in [-0.15, -0.1) is 11.3 Å². The summed E-state index contributed by atoms with van der Waals surface area (Å²) in [5.41, 5.74) is 4.74. The van der Waals surface area contributed by atoms with Gasteiger partial charge in [-0.1, -0.05) is 36.4 Å². The van der Waals surface area contributed by atoms with E-state index in [9.17, 15) is 4.79 Å². The van der Waals surface area contributed by atoms with E-state index in [1.807, 2.05) is 59.5 Å². The van der Waals surface area contributed by atoms with Gasteiger partial charge in [-0.05, 0) is 56.2 Å². The van der Waals surface area contributed by atoms with Crippen LogP contribution >= 0.6 is 11.3 Å². The monoisotopic (exact) mass is 441 g/mol. The number of carbonyl (C=O) groups is 1. The first kappa shape index (κ1) is 20.4. The summed E-state index contributed by atoms with van der Waals surface area (Å²) < 4.78 is 5.90. The standard InChI is InChI=1S/C26H23N3O2S/c1-17-26(30)29(15-13-19-8-4-3-5-9-19)22-16-20(11-12-23(22)31-17)24-18(2)32-25(28-24)21-10-6-7-14-27-21/h3-12,14,16-17H,13,15H2,1-2H3. The van der Waals surface area contributed by atoms with Crippen LogP contribution in [0, 0.1) is 6.92 Å². The van der Waals surface area contributed by atoms with E-state index in [1.165, 1.54) is 5.56 Å². The van der Waals surface area contributed by atoms with Crippen molar-refractivity contribution in [2.45, 2.75) is 26.4 Å². The van der Waals surface area contributed by atoms with Gasteiger partial charge < -0.3 is 9.64 Å². The van der Waals surface area contributed by atoms with Gasteiger partial charge in [0.15, 0.2) is 6.10 Å². The highest BCUT2D eigenvalue weighted by atomic mass is 32.1. The van der Waals surface area contributed by atoms with Crippen molar-refractivity contribution < 1.29 is 9.53 Å². The van der Waals surface area contributed by atoms with Crippen LogP contribution in [-0.4, -0.2) is 28.5 Å². The minimum Gasteiger partial charge on any atom is -0.479 e. The summed E-state index contributed by atoms with van der Waals surface area (Å²) in [6.07, 6.45) is 2.06. The third-order valence-corrected chi connectivity index (χ3v) is 6.58. The zero-order valence-electron chi connectivity index (χ0n) is 18.0. The molecule has 4 aromatic rings. The predicted molar refractivity (Wildman–Crippen MR) is 128 cm³/mol. The van der Waals surface area contributed by atoms with Crippen molar-refractivity contribution in [1.29, 1.82) is 0 Å². The van der Waals surface area contributed by atoms with E-state index in [0.717, 1.165) is 44.7 Å². The molecule has 2 aromatic carbocycles. The van der Waals surface area contributed by atoms with Crippen LogP contribution in [0.15, 0.2) is 72.9 Å². The average Bonchev–Trinajstić information content (AvgIpc) is 3.22. The summed E-state index contributed by atoms with van der Waals surface area (Å²) in [6.45, 7) is 4.47. The zero-order valence-corrected chi connectivity index (χ0v) is 18.8. The Hall–Kier alpha value is -3.51. The highest BCUT2D eigenvalue weighted by Gasteiger charge is 2.31. The zero-order chi connectivity index (χ0) is 22.1. The predicted octanol–water partition coefficient (Wildman–Crippen LogP) is 5.54. The number of anilines is 1. The van der Waals surface area contributed by atoms with Crippen molar-refractivity contribution in [3.8, 4) is 27.7 Å². The molecule has 0 bridgehead atoms. The molecule has 0 N–H and O–H groups in total. The number of pyridine rings is 1. The lowest BCUT2D eigenvalue weighted by Gasteiger charge is -2.33. The van der Waals surface area contributed by atoms with E-state index in [4.69, 9.17) is 9.72 Å². The minimum absolute atomic E-state index is 0.0187. The first-order valence-electron chi connectivity index (χ1n) is 10.7. The number of thiazole rings is 1. The molecule has 32 heavy (non-hydrogen) atoms. The van der Waals surface area contributed by atoms with Crippen molar-refractivity contribution in [2.24, 2.45) is 0 Å². The molecule has 0 radical (unpaired) electrons. The number of carbonyl (C=O) groups excluding carboxylic acids is 1. The maximum Gasteiger partial charge on any atom is 0.267 e. The summed E-state index contributed by atoms with van der Waals surface area (Å²) in [5, 5.41) is 0.887. The number of aromatic nitrogens is 2. The van der Waals surface area contributed by atoms with E-state index in [2.05, 4.69) is 24.0 Å². The SMILES string of the molecule is Cc1sc(-c2ccccn2)nc1-c1ccc2c(c1)N(CCc1ccccc1)C(=O)C(C)O2. The van der Waals surface area contributed by atoms with Crippen molar-refractivity contribution in [1.82, 2.24) is 9.97 Å². The quantitative estimate of drug-likeness (QED) is 0.408. The molecule has 2 aromatic heterocycles. The Morgan fingerprint density at radius 3 is 2.66 bits per heavy atom. The molecule has 0 fully saturated rings. The number of fused-ring (bicyclic) bond motifs is 1. The second-order valence-corrected chi connectivity index (χ2v) is 9.01. The summed E-state index contributed by atoms with van der Waals surface area (Å²) in [5.74, 6) is 0.710. The molecule has 0 aliphatic carbocycles. The Morgan fingerprint density at radius 1 is 1.06 bits per heavy atom. The molecule has 1 atom stereocenters. The lowest BCUT2D eigenvalue weighted by molar-refractivity contribution is -0.125. The number of hydrogen-bond acceptors (Lipinski definition) is 5. The van der Waals surface area contributed by atoms with Crippen molar-refractivity contribution >= 4 is 22.9 Å². The molecule has 1 aliphatic heterocycles. The number of amides is 1. The van der Waals surface area contributed by atoms with Gasteiger partial charge in [0, 0.05) is 23.2 Å². The first-order valence-corrected chi connectivity index (χ1v) is 11.5. The maximum absolute atomic E-state index is 13.0. The number of benzene rings is 2. The van der Waals surface area contributed by atoms with Gasteiger partial charge in [-0.3, -0.25) is 9.78 Å². The summed E-state index contributed by atoms with van der Waals surface area (Å²) >= 11 is 1.62. The van der Waals surface area contributed by atoms with E-state index in [1.54, 1.807) is 24.5 Å². The molecular formula is C26H23N3O2S. The highest BCUT2D eigenvalue weighted by Crippen LogP contribution is 2.40. The van der Waals surface area contributed by atoms with Crippen LogP contribution in [0.5, 0.6) is 5.75 Å². The summed E-state index contributed by atoms with van der Waals surface area (Å²) in [7, 11) is 0. The number of rotatable bonds is 5. The van der Waals surface area contributed by atoms with Gasteiger partial charge in [-0.2, -0.15) is 0 Å². The van der Waals surface area contributed by atoms with Crippen LogP contribution in [0.4, 0.5) is 5.69 Å². The van der Waals surface area contributed by atoms with Crippen LogP contribution in [-0.2, 0) is 11.2 Å². The third-order valence-electron chi connectivity index (χ3n) is 5.59. The molecule has 1 unspecified atom stereocenters. The first-order chi connectivity index (χ1) is 15.6. The van der Waals surface area contributed by atoms with Crippen LogP contribution in [0.3, 0.4) is 0 Å². The Bertz CT molecular complexity index is 1250. The Labute approximate surface area is 191 Å². The number of aryl methyl sites for hydroxylation is 1. The maximum atomic E-state index is 13.0. The fourth-order valence-electron chi connectivity index (χ4n) is 3.93. The van der Waals surface area contributed by atoms with Crippen LogP contribution in [0.2, 0.25) is 0 Å². The van der Waals surface area contributed by atoms with Gasteiger partial charge in [0.25, 0.3) is 5.91 Å². The number of ether oxygens (including phenoxy) is 1. The van der Waals surface area contributed by atoms with E-state index >= 15 is 0 Å². The van der Waals surface area contributed by atoms with Crippen LogP contribution in [0.1, 0.15) is 17.4 Å². The molecule has 0 spiro atoms. The van der Waals surface area contributed by atoms with E-state index in [0.29, 0.717) is 6.54 Å². The third kappa shape index (κ3) is 3.89. The molecule has 0 saturated heterocycles. The van der Waals surface area contributed by atoms with Gasteiger partial charge in [0.1, 0.15) is 10.8 Å². The van der Waals surface area contributed by atoms with Gasteiger partial charge in [-0.25, -0.2) is 4.98 Å². The van der Waals surface area contributed by atoms with Crippen molar-refractivity contribution in [3.05, 3.63) is 83.4 Å². The van der Waals surface area contributed by atoms with Gasteiger partial charge in [0.2, 0.25) is 0 Å². The molecule has 0 saturated carbocycles. The summed E-state index contributed by atoms with van der Waals surface area (Å²) in [4.78, 5) is 25.2. The Morgan fingerprint density at radius 2 is 1.88 bits per heavy atom. The highest BCUT2D eigenvalue weighted by molar-refractivity contribution is 7.15. The number of hydrogen-bond donors (Lipinski definition) is 0. The molecule has 6 heteroatoms. The lowest BCUT2D eigenvalue weighted by atomic mass is 10.1. The van der Waals surface area contributed by atoms with Gasteiger partial charge in [0.05, 0.1) is 17.1 Å². The molecule has 5 rings (SSSR count). The molecule has 1 amide bonds. The fourth-order valence-corrected chi connectivity index (χ4v) is 4.85. The molecular weight excluding hydrogens is 418 g/mol. The van der Waals surface area contributed by atoms with Crippen LogP contribution < -0.4 is 9.64 Å². The van der Waals surface area contributed by atoms with Gasteiger partial charge >= 0.3 is 0 Å². The normalized spacial score (nSPS) is 15.4. The molecule has 5 nitrogen and oxygen atoms in total. The minimum atomic E-state index is -0.499. The smallest absolute Gasteiger partial charge is 0.267 e. The lowest BCUT2D eigenvalue weighted by Crippen LogP contribution is -2.45. The van der Waals surface area contributed by atoms with E-state index < -0.39 is 6.10 Å². The Kier molecular flexibility index (Phi) is 5.45. The number of nitrogens with zero attached hydrogens (tertiary/aromatic N) is 3. The molecule has 1 aliphatic rings. The second-order valence-electron chi connectivity index (χ2n) is 7.81. The Balaban J connectivity index is 1.49. The topological polar surface area (TPSA) is 55.3 Å². The summed E-state index contributed by atoms with van der Waals surface area (Å²) in [6, 6.07) is 22.0. The average molecular weight is 442 g/mol. The van der Waals surface area contributed by atoms with Crippen molar-refractivity contribution in [3.63, 3.8) is 0 Å². The largest absolute Gasteiger partial charge is 0.479 e. The van der Waals surface area contributed by atoms with E-state index in [-0.39, 0.29) is 5.91 Å². The second kappa shape index (κ2) is 8.55. The fraction of sp³-hybridized carbons (Fsp3) is 0.192.